The van der Waals surface area contributed by atoms with E-state index in [2.05, 4.69) is 15.3 Å². The van der Waals surface area contributed by atoms with Gasteiger partial charge in [-0.05, 0) is 31.9 Å². The van der Waals surface area contributed by atoms with Gasteiger partial charge in [0.05, 0.1) is 29.8 Å². The van der Waals surface area contributed by atoms with E-state index >= 15 is 0 Å². The Morgan fingerprint density at radius 1 is 1.26 bits per heavy atom. The zero-order valence-electron chi connectivity index (χ0n) is 21.0. The lowest BCUT2D eigenvalue weighted by Crippen LogP contribution is -2.34. The molecule has 1 N–H and O–H groups in total. The van der Waals surface area contributed by atoms with E-state index in [9.17, 15) is 18.0 Å². The molecule has 2 aliphatic heterocycles. The first-order valence-corrected chi connectivity index (χ1v) is 12.4. The molecule has 3 heterocycles. The summed E-state index contributed by atoms with van der Waals surface area (Å²) < 4.78 is 47.5. The number of carbonyl (C=O) groups excluding carboxylic acids is 1. The first-order valence-electron chi connectivity index (χ1n) is 12.4. The Morgan fingerprint density at radius 3 is 2.76 bits per heavy atom. The van der Waals surface area contributed by atoms with E-state index in [1.165, 1.54) is 12.1 Å². The number of nitriles is 1. The topological polar surface area (TPSA) is 91.1 Å². The second-order valence-electron chi connectivity index (χ2n) is 9.42. The van der Waals surface area contributed by atoms with Crippen LogP contribution < -0.4 is 10.1 Å². The Labute approximate surface area is 217 Å². The van der Waals surface area contributed by atoms with E-state index in [0.717, 1.165) is 39.4 Å². The van der Waals surface area contributed by atoms with Gasteiger partial charge in [0.15, 0.2) is 0 Å². The first-order chi connectivity index (χ1) is 18.3. The first kappa shape index (κ1) is 25.5. The van der Waals surface area contributed by atoms with Crippen LogP contribution in [-0.4, -0.2) is 40.5 Å². The fraction of sp³-hybridized carbons (Fsp3) is 0.357. The maximum absolute atomic E-state index is 14.9. The normalized spacial score (nSPS) is 15.6. The minimum absolute atomic E-state index is 0.119. The molecule has 0 fully saturated rings. The van der Waals surface area contributed by atoms with Crippen molar-refractivity contribution in [3.63, 3.8) is 0 Å². The minimum Gasteiger partial charge on any atom is -0.492 e. The third kappa shape index (κ3) is 4.64. The number of benzene rings is 2. The van der Waals surface area contributed by atoms with E-state index in [0.29, 0.717) is 44.2 Å². The smallest absolute Gasteiger partial charge is 0.266 e. The molecule has 0 radical (unpaired) electrons. The summed E-state index contributed by atoms with van der Waals surface area (Å²) in [5, 5.41) is 12.8. The van der Waals surface area contributed by atoms with Gasteiger partial charge in [-0.25, -0.2) is 23.1 Å². The molecule has 2 aromatic carbocycles. The third-order valence-corrected chi connectivity index (χ3v) is 7.00. The average molecular weight is 522 g/mol. The standard InChI is InChI=1S/C28H26F3N5O2/c1-15(18-4-3-5-19(24(18)29)27(30)31)33-28-22-14-21(17-7-11-36(12-8-17)23(37)6-10-32)26-20(9-13-38-26)25(22)34-16(2)35-28/h3-5,7,14-15,27H,6,8-9,11-13H2,1-2H3,(H,33,34,35)/t15-/m1/s1. The highest BCUT2D eigenvalue weighted by Crippen LogP contribution is 2.42. The van der Waals surface area contributed by atoms with Gasteiger partial charge in [-0.2, -0.15) is 5.26 Å². The molecule has 0 aliphatic carbocycles. The summed E-state index contributed by atoms with van der Waals surface area (Å²) in [4.78, 5) is 23.1. The molecule has 3 aromatic rings. The van der Waals surface area contributed by atoms with Crippen LogP contribution in [0.15, 0.2) is 30.3 Å². The predicted molar refractivity (Wildman–Crippen MR) is 136 cm³/mol. The largest absolute Gasteiger partial charge is 0.492 e. The number of hydrogen-bond donors (Lipinski definition) is 1. The van der Waals surface area contributed by atoms with Crippen LogP contribution in [0.1, 0.15) is 60.3 Å². The highest BCUT2D eigenvalue weighted by molar-refractivity contribution is 5.97. The molecule has 196 valence electrons. The number of nitrogens with one attached hydrogen (secondary N) is 1. The number of rotatable bonds is 6. The fourth-order valence-corrected chi connectivity index (χ4v) is 5.10. The number of aromatic nitrogens is 2. The molecular weight excluding hydrogens is 495 g/mol. The number of fused-ring (bicyclic) bond motifs is 3. The van der Waals surface area contributed by atoms with Crippen molar-refractivity contribution in [3.8, 4) is 11.8 Å². The number of carbonyl (C=O) groups is 1. The highest BCUT2D eigenvalue weighted by Gasteiger charge is 2.27. The van der Waals surface area contributed by atoms with Crippen molar-refractivity contribution in [3.05, 3.63) is 64.2 Å². The number of halogens is 3. The van der Waals surface area contributed by atoms with Crippen LogP contribution in [0.25, 0.3) is 16.5 Å². The number of hydrogen-bond acceptors (Lipinski definition) is 6. The predicted octanol–water partition coefficient (Wildman–Crippen LogP) is 5.65. The molecule has 38 heavy (non-hydrogen) atoms. The van der Waals surface area contributed by atoms with E-state index in [1.54, 1.807) is 18.7 Å². The summed E-state index contributed by atoms with van der Waals surface area (Å²) in [6.45, 7) is 4.86. The van der Waals surface area contributed by atoms with Gasteiger partial charge < -0.3 is 15.0 Å². The van der Waals surface area contributed by atoms with E-state index in [-0.39, 0.29) is 17.9 Å². The number of nitrogens with zero attached hydrogens (tertiary/aromatic N) is 4. The monoisotopic (exact) mass is 521 g/mol. The number of anilines is 1. The Bertz CT molecular complexity index is 1500. The molecule has 10 heteroatoms. The lowest BCUT2D eigenvalue weighted by atomic mass is 9.93. The van der Waals surface area contributed by atoms with Crippen LogP contribution in [0, 0.1) is 24.1 Å². The van der Waals surface area contributed by atoms with Gasteiger partial charge in [0, 0.05) is 41.6 Å². The molecule has 1 aromatic heterocycles. The van der Waals surface area contributed by atoms with E-state index in [1.807, 2.05) is 18.2 Å². The molecule has 2 aliphatic rings. The summed E-state index contributed by atoms with van der Waals surface area (Å²) >= 11 is 0. The van der Waals surface area contributed by atoms with Gasteiger partial charge in [0.2, 0.25) is 5.91 Å². The minimum atomic E-state index is -2.91. The molecule has 0 bridgehead atoms. The van der Waals surface area contributed by atoms with Gasteiger partial charge in [-0.3, -0.25) is 4.79 Å². The Kier molecular flexibility index (Phi) is 6.93. The maximum Gasteiger partial charge on any atom is 0.266 e. The van der Waals surface area contributed by atoms with Crippen molar-refractivity contribution < 1.29 is 22.7 Å². The van der Waals surface area contributed by atoms with Crippen LogP contribution in [-0.2, 0) is 11.2 Å². The Hall–Kier alpha value is -4.13. The molecule has 0 unspecified atom stereocenters. The third-order valence-electron chi connectivity index (χ3n) is 7.00. The van der Waals surface area contributed by atoms with Crippen molar-refractivity contribution >= 4 is 28.2 Å². The number of aryl methyl sites for hydroxylation is 1. The van der Waals surface area contributed by atoms with E-state index in [4.69, 9.17) is 10.00 Å². The summed E-state index contributed by atoms with van der Waals surface area (Å²) in [6, 6.07) is 7.19. The van der Waals surface area contributed by atoms with Crippen molar-refractivity contribution in [1.29, 1.82) is 5.26 Å². The van der Waals surface area contributed by atoms with Crippen molar-refractivity contribution in [2.75, 3.05) is 25.0 Å². The fourth-order valence-electron chi connectivity index (χ4n) is 5.10. The lowest BCUT2D eigenvalue weighted by Gasteiger charge is -2.27. The summed E-state index contributed by atoms with van der Waals surface area (Å²) in [5.41, 5.74) is 3.06. The zero-order valence-corrected chi connectivity index (χ0v) is 21.0. The lowest BCUT2D eigenvalue weighted by molar-refractivity contribution is -0.129. The quantitative estimate of drug-likeness (QED) is 0.451. The van der Waals surface area contributed by atoms with Crippen LogP contribution in [0.2, 0.25) is 0 Å². The summed E-state index contributed by atoms with van der Waals surface area (Å²) in [6.07, 6.45) is 0.163. The van der Waals surface area contributed by atoms with Gasteiger partial charge in [0.25, 0.3) is 6.43 Å². The van der Waals surface area contributed by atoms with Gasteiger partial charge in [0.1, 0.15) is 29.6 Å². The highest BCUT2D eigenvalue weighted by atomic mass is 19.3. The van der Waals surface area contributed by atoms with Crippen LogP contribution in [0.4, 0.5) is 19.0 Å². The van der Waals surface area contributed by atoms with Crippen LogP contribution >= 0.6 is 0 Å². The second-order valence-corrected chi connectivity index (χ2v) is 9.42. The number of ether oxygens (including phenoxy) is 1. The van der Waals surface area contributed by atoms with Crippen LogP contribution in [0.5, 0.6) is 5.75 Å². The van der Waals surface area contributed by atoms with Crippen molar-refractivity contribution in [2.24, 2.45) is 0 Å². The molecule has 1 atom stereocenters. The summed E-state index contributed by atoms with van der Waals surface area (Å²) in [7, 11) is 0. The van der Waals surface area contributed by atoms with Crippen molar-refractivity contribution in [2.45, 2.75) is 45.6 Å². The molecule has 7 nitrogen and oxygen atoms in total. The Morgan fingerprint density at radius 2 is 2.05 bits per heavy atom. The molecular formula is C28H26F3N5O2. The Balaban J connectivity index is 1.55. The SMILES string of the molecule is Cc1nc(N[C@H](C)c2cccc(C(F)F)c2F)c2cc(C3=CCN(C(=O)CC#N)CC3)c3c(c2n1)CCO3. The van der Waals surface area contributed by atoms with Gasteiger partial charge in [-0.1, -0.05) is 24.3 Å². The van der Waals surface area contributed by atoms with Crippen LogP contribution in [0.3, 0.4) is 0 Å². The maximum atomic E-state index is 14.9. The number of amides is 1. The molecule has 0 saturated carbocycles. The zero-order chi connectivity index (χ0) is 27.0. The number of alkyl halides is 2. The van der Waals surface area contributed by atoms with Crippen molar-refractivity contribution in [1.82, 2.24) is 14.9 Å². The second kappa shape index (κ2) is 10.3. The molecule has 0 saturated heterocycles. The van der Waals surface area contributed by atoms with E-state index < -0.39 is 23.8 Å². The average Bonchev–Trinajstić information content (AvgIpc) is 3.39. The van der Waals surface area contributed by atoms with Gasteiger partial charge in [-0.15, -0.1) is 0 Å². The molecule has 0 spiro atoms. The molecule has 1 amide bonds. The summed E-state index contributed by atoms with van der Waals surface area (Å²) in [5.74, 6) is 0.610. The molecule has 5 rings (SSSR count). The van der Waals surface area contributed by atoms with Gasteiger partial charge >= 0.3 is 0 Å².